The van der Waals surface area contributed by atoms with Gasteiger partial charge in [-0.15, -0.1) is 0 Å². The van der Waals surface area contributed by atoms with Gasteiger partial charge in [-0.1, -0.05) is 23.7 Å². The monoisotopic (exact) mass is 453 g/mol. The number of fused-ring (bicyclic) bond motifs is 3. The highest BCUT2D eigenvalue weighted by Gasteiger charge is 2.54. The van der Waals surface area contributed by atoms with E-state index < -0.39 is 12.2 Å². The molecule has 2 saturated heterocycles. The van der Waals surface area contributed by atoms with Crippen LogP contribution in [0.1, 0.15) is 12.5 Å². The van der Waals surface area contributed by atoms with Gasteiger partial charge in [0, 0.05) is 30.8 Å². The molecule has 0 saturated carbocycles. The molecule has 9 heteroatoms. The Morgan fingerprint density at radius 1 is 1.12 bits per heavy atom. The second kappa shape index (κ2) is 8.02. The zero-order valence-corrected chi connectivity index (χ0v) is 18.7. The van der Waals surface area contributed by atoms with Crippen molar-refractivity contribution in [2.75, 3.05) is 31.6 Å². The summed E-state index contributed by atoms with van der Waals surface area (Å²) in [6.45, 7) is 4.12. The number of amides is 3. The standard InChI is InChI=1S/C23H24ClN5O3/c1-3-32-18-9-7-17(8-10-18)27-11-12-28-19-20(25-22(27)28)26(2)23(31)29(21(19)30)14-15-5-4-6-16(24)13-15/h4-10,13,19-20H,3,11-12,14H2,1-2H3. The van der Waals surface area contributed by atoms with E-state index in [0.717, 1.165) is 29.5 Å². The van der Waals surface area contributed by atoms with Crippen molar-refractivity contribution in [1.82, 2.24) is 14.7 Å². The first-order chi connectivity index (χ1) is 15.5. The second-order valence-electron chi connectivity index (χ2n) is 8.01. The number of rotatable bonds is 5. The number of hydrogen-bond donors (Lipinski definition) is 0. The molecule has 2 fully saturated rings. The van der Waals surface area contributed by atoms with Crippen molar-refractivity contribution in [3.8, 4) is 5.75 Å². The van der Waals surface area contributed by atoms with Crippen molar-refractivity contribution in [3.05, 3.63) is 59.1 Å². The average Bonchev–Trinajstić information content (AvgIpc) is 3.36. The molecule has 2 aromatic carbocycles. The number of urea groups is 1. The molecular weight excluding hydrogens is 430 g/mol. The van der Waals surface area contributed by atoms with Gasteiger partial charge in [0.2, 0.25) is 5.96 Å². The molecule has 2 aromatic rings. The van der Waals surface area contributed by atoms with Crippen molar-refractivity contribution in [2.24, 2.45) is 4.99 Å². The minimum atomic E-state index is -0.536. The van der Waals surface area contributed by atoms with Crippen molar-refractivity contribution >= 4 is 35.2 Å². The molecule has 8 nitrogen and oxygen atoms in total. The van der Waals surface area contributed by atoms with E-state index >= 15 is 0 Å². The molecule has 2 unspecified atom stereocenters. The summed E-state index contributed by atoms with van der Waals surface area (Å²) < 4.78 is 5.53. The Hall–Kier alpha value is -3.26. The lowest BCUT2D eigenvalue weighted by atomic mass is 10.1. The van der Waals surface area contributed by atoms with Crippen molar-refractivity contribution < 1.29 is 14.3 Å². The van der Waals surface area contributed by atoms with Gasteiger partial charge < -0.3 is 19.4 Å². The normalized spacial score (nSPS) is 22.3. The van der Waals surface area contributed by atoms with E-state index in [2.05, 4.69) is 4.90 Å². The van der Waals surface area contributed by atoms with Gasteiger partial charge in [0.25, 0.3) is 5.91 Å². The molecule has 0 aliphatic carbocycles. The minimum absolute atomic E-state index is 0.178. The van der Waals surface area contributed by atoms with Crippen LogP contribution < -0.4 is 9.64 Å². The van der Waals surface area contributed by atoms with E-state index in [-0.39, 0.29) is 18.5 Å². The highest BCUT2D eigenvalue weighted by Crippen LogP contribution is 2.34. The van der Waals surface area contributed by atoms with E-state index in [1.165, 1.54) is 4.90 Å². The number of carbonyl (C=O) groups is 2. The molecule has 32 heavy (non-hydrogen) atoms. The highest BCUT2D eigenvalue weighted by atomic mass is 35.5. The summed E-state index contributed by atoms with van der Waals surface area (Å²) in [5.41, 5.74) is 1.79. The Morgan fingerprint density at radius 2 is 1.91 bits per heavy atom. The molecule has 0 radical (unpaired) electrons. The SMILES string of the molecule is CCOc1ccc(N2CCN3C2=NC2C3C(=O)N(Cc3cccc(Cl)c3)C(=O)N2C)cc1. The molecule has 3 aliphatic rings. The number of imide groups is 1. The molecule has 3 amide bonds. The predicted octanol–water partition coefficient (Wildman–Crippen LogP) is 3.02. The summed E-state index contributed by atoms with van der Waals surface area (Å²) >= 11 is 6.09. The lowest BCUT2D eigenvalue weighted by molar-refractivity contribution is -0.137. The van der Waals surface area contributed by atoms with Crippen LogP contribution in [0.4, 0.5) is 10.5 Å². The van der Waals surface area contributed by atoms with Gasteiger partial charge in [0.1, 0.15) is 5.75 Å². The summed E-state index contributed by atoms with van der Waals surface area (Å²) in [5, 5.41) is 0.572. The molecule has 3 aliphatic heterocycles. The van der Waals surface area contributed by atoms with Crippen molar-refractivity contribution in [1.29, 1.82) is 0 Å². The summed E-state index contributed by atoms with van der Waals surface area (Å²) in [6, 6.07) is 14.2. The van der Waals surface area contributed by atoms with Gasteiger partial charge >= 0.3 is 6.03 Å². The smallest absolute Gasteiger partial charge is 0.328 e. The third-order valence-electron chi connectivity index (χ3n) is 6.07. The highest BCUT2D eigenvalue weighted by molar-refractivity contribution is 6.30. The number of halogens is 1. The number of hydrogen-bond acceptors (Lipinski definition) is 6. The van der Waals surface area contributed by atoms with Crippen LogP contribution in [0.3, 0.4) is 0 Å². The zero-order valence-electron chi connectivity index (χ0n) is 17.9. The van der Waals surface area contributed by atoms with Gasteiger partial charge in [-0.25, -0.2) is 9.79 Å². The molecule has 0 spiro atoms. The number of anilines is 1. The lowest BCUT2D eigenvalue weighted by Gasteiger charge is -2.40. The van der Waals surface area contributed by atoms with Gasteiger partial charge in [0.15, 0.2) is 12.2 Å². The molecule has 2 atom stereocenters. The Kier molecular flexibility index (Phi) is 5.17. The topological polar surface area (TPSA) is 68.7 Å². The number of likely N-dealkylation sites (N-methyl/N-ethyl adjacent to an activating group) is 1. The van der Waals surface area contributed by atoms with Crippen LogP contribution in [0.25, 0.3) is 0 Å². The number of carbonyl (C=O) groups excluding carboxylic acids is 2. The number of nitrogens with zero attached hydrogens (tertiary/aromatic N) is 5. The van der Waals surface area contributed by atoms with Crippen LogP contribution in [0.2, 0.25) is 5.02 Å². The summed E-state index contributed by atoms with van der Waals surface area (Å²) in [7, 11) is 1.70. The van der Waals surface area contributed by atoms with Crippen LogP contribution in [0.15, 0.2) is 53.5 Å². The van der Waals surface area contributed by atoms with E-state index in [0.29, 0.717) is 18.2 Å². The first-order valence-corrected chi connectivity index (χ1v) is 11.0. The first-order valence-electron chi connectivity index (χ1n) is 10.7. The first kappa shape index (κ1) is 20.6. The number of ether oxygens (including phenoxy) is 1. The second-order valence-corrected chi connectivity index (χ2v) is 8.44. The largest absolute Gasteiger partial charge is 0.494 e. The van der Waals surface area contributed by atoms with Crippen LogP contribution in [0, 0.1) is 0 Å². The Morgan fingerprint density at radius 3 is 2.62 bits per heavy atom. The minimum Gasteiger partial charge on any atom is -0.494 e. The summed E-state index contributed by atoms with van der Waals surface area (Å²) in [6.07, 6.45) is -0.536. The maximum atomic E-state index is 13.5. The number of aliphatic imine (C=N–C) groups is 1. The molecule has 5 rings (SSSR count). The van der Waals surface area contributed by atoms with Gasteiger partial charge in [-0.3, -0.25) is 9.69 Å². The Balaban J connectivity index is 1.40. The van der Waals surface area contributed by atoms with Gasteiger partial charge in [-0.2, -0.15) is 0 Å². The third kappa shape index (κ3) is 3.35. The fourth-order valence-electron chi connectivity index (χ4n) is 4.53. The lowest BCUT2D eigenvalue weighted by Crippen LogP contribution is -2.64. The van der Waals surface area contributed by atoms with Crippen LogP contribution >= 0.6 is 11.6 Å². The van der Waals surface area contributed by atoms with E-state index in [1.807, 2.05) is 48.2 Å². The van der Waals surface area contributed by atoms with E-state index in [9.17, 15) is 9.59 Å². The van der Waals surface area contributed by atoms with Crippen molar-refractivity contribution in [3.63, 3.8) is 0 Å². The molecule has 166 valence electrons. The summed E-state index contributed by atoms with van der Waals surface area (Å²) in [4.78, 5) is 38.2. The fourth-order valence-corrected chi connectivity index (χ4v) is 4.75. The van der Waals surface area contributed by atoms with Gasteiger partial charge in [-0.05, 0) is 48.9 Å². The Bertz CT molecular complexity index is 1090. The predicted molar refractivity (Wildman–Crippen MR) is 122 cm³/mol. The summed E-state index contributed by atoms with van der Waals surface area (Å²) in [5.74, 6) is 1.30. The maximum Gasteiger partial charge on any atom is 0.328 e. The zero-order chi connectivity index (χ0) is 22.4. The molecule has 0 aromatic heterocycles. The quantitative estimate of drug-likeness (QED) is 0.696. The van der Waals surface area contributed by atoms with E-state index in [4.69, 9.17) is 21.3 Å². The van der Waals surface area contributed by atoms with Gasteiger partial charge in [0.05, 0.1) is 13.2 Å². The number of guanidine groups is 1. The molecule has 0 bridgehead atoms. The van der Waals surface area contributed by atoms with Crippen LogP contribution in [0.5, 0.6) is 5.75 Å². The molecular formula is C23H24ClN5O3. The van der Waals surface area contributed by atoms with E-state index in [1.54, 1.807) is 24.1 Å². The van der Waals surface area contributed by atoms with Crippen LogP contribution in [-0.2, 0) is 11.3 Å². The molecule has 0 N–H and O–H groups in total. The van der Waals surface area contributed by atoms with Crippen molar-refractivity contribution in [2.45, 2.75) is 25.7 Å². The molecule has 3 heterocycles. The van der Waals surface area contributed by atoms with Crippen LogP contribution in [-0.4, -0.2) is 71.5 Å². The number of benzene rings is 2. The third-order valence-corrected chi connectivity index (χ3v) is 6.30. The maximum absolute atomic E-state index is 13.5. The average molecular weight is 454 g/mol. The fraction of sp³-hybridized carbons (Fsp3) is 0.348. The Labute approximate surface area is 191 Å².